The van der Waals surface area contributed by atoms with Gasteiger partial charge in [-0.3, -0.25) is 4.98 Å². The minimum absolute atomic E-state index is 0. The topological polar surface area (TPSA) is 121 Å². The van der Waals surface area contributed by atoms with Crippen LogP contribution >= 0.6 is 0 Å². The third kappa shape index (κ3) is 5.23. The molecule has 0 aliphatic carbocycles. The molecule has 172 valence electrons. The Hall–Kier alpha value is -3.40. The molecule has 0 unspecified atom stereocenters. The Morgan fingerprint density at radius 1 is 0.750 bits per heavy atom. The maximum atomic E-state index is 11.9. The molecule has 4 aromatic carbocycles. The average molecular weight is 503 g/mol. The van der Waals surface area contributed by atoms with E-state index in [9.17, 15) is 13.0 Å². The van der Waals surface area contributed by atoms with Crippen LogP contribution in [0.5, 0.6) is 0 Å². The maximum Gasteiger partial charge on any atom is 1.00 e. The number of azo groups is 1. The van der Waals surface area contributed by atoms with E-state index in [4.69, 9.17) is 5.73 Å². The van der Waals surface area contributed by atoms with Crippen LogP contribution in [0.2, 0.25) is 0 Å². The second-order valence-corrected chi connectivity index (χ2v) is 9.18. The third-order valence-electron chi connectivity index (χ3n) is 5.57. The molecule has 0 spiro atoms. The zero-order valence-electron chi connectivity index (χ0n) is 19.4. The number of nitrogens with two attached hydrogens (primary N) is 1. The van der Waals surface area contributed by atoms with Gasteiger partial charge in [0.2, 0.25) is 0 Å². The van der Waals surface area contributed by atoms with E-state index in [1.165, 1.54) is 6.07 Å². The first kappa shape index (κ1) is 25.7. The number of nitrogens with zero attached hydrogens (tertiary/aromatic N) is 3. The number of pyridine rings is 1. The van der Waals surface area contributed by atoms with Crippen molar-refractivity contribution in [2.24, 2.45) is 10.2 Å². The van der Waals surface area contributed by atoms with Crippen molar-refractivity contribution >= 4 is 38.0 Å². The van der Waals surface area contributed by atoms with Crippen molar-refractivity contribution in [3.8, 4) is 22.4 Å². The predicted octanol–water partition coefficient (Wildman–Crippen LogP) is 3.47. The summed E-state index contributed by atoms with van der Waals surface area (Å²) < 4.78 is 35.6. The van der Waals surface area contributed by atoms with E-state index in [0.717, 1.165) is 28.5 Å². The Balaban J connectivity index is 0.00000304. The van der Waals surface area contributed by atoms with Crippen LogP contribution < -0.4 is 35.3 Å². The van der Waals surface area contributed by atoms with Gasteiger partial charge < -0.3 is 10.3 Å². The van der Waals surface area contributed by atoms with Gasteiger partial charge in [-0.2, -0.15) is 0 Å². The van der Waals surface area contributed by atoms with E-state index in [-0.39, 0.29) is 46.3 Å². The van der Waals surface area contributed by atoms with Crippen molar-refractivity contribution in [2.75, 3.05) is 5.73 Å². The monoisotopic (exact) mass is 502 g/mol. The van der Waals surface area contributed by atoms with Crippen LogP contribution in [0.15, 0.2) is 118 Å². The fourth-order valence-electron chi connectivity index (χ4n) is 3.92. The van der Waals surface area contributed by atoms with Gasteiger partial charge in [-0.05, 0) is 17.7 Å². The van der Waals surface area contributed by atoms with Crippen molar-refractivity contribution in [1.82, 2.24) is 4.98 Å². The molecule has 0 aliphatic heterocycles. The average Bonchev–Trinajstić information content (AvgIpc) is 2.88. The van der Waals surface area contributed by atoms with Crippen molar-refractivity contribution in [1.29, 1.82) is 0 Å². The Kier molecular flexibility index (Phi) is 7.63. The quantitative estimate of drug-likeness (QED) is 0.171. The van der Waals surface area contributed by atoms with Gasteiger partial charge in [0.1, 0.15) is 21.5 Å². The molecule has 5 rings (SSSR count). The van der Waals surface area contributed by atoms with E-state index < -0.39 is 15.0 Å². The second kappa shape index (κ2) is 10.7. The van der Waals surface area contributed by atoms with Gasteiger partial charge in [-0.15, -0.1) is 10.2 Å². The summed E-state index contributed by atoms with van der Waals surface area (Å²) in [7, 11) is -4.75. The van der Waals surface area contributed by atoms with Crippen molar-refractivity contribution < 1.29 is 42.5 Å². The van der Waals surface area contributed by atoms with E-state index in [1.54, 1.807) is 24.4 Å². The first-order chi connectivity index (χ1) is 16.9. The Labute approximate surface area is 230 Å². The fraction of sp³-hybridized carbons (Fsp3) is 0. The second-order valence-electron chi connectivity index (χ2n) is 7.83. The van der Waals surface area contributed by atoms with Crippen molar-refractivity contribution in [3.05, 3.63) is 103 Å². The van der Waals surface area contributed by atoms with E-state index in [2.05, 4.69) is 15.2 Å². The summed E-state index contributed by atoms with van der Waals surface area (Å²) in [5.74, 6) is 0. The zero-order valence-corrected chi connectivity index (χ0v) is 22.2. The van der Waals surface area contributed by atoms with Gasteiger partial charge in [0.05, 0.1) is 22.5 Å². The molecule has 0 radical (unpaired) electrons. The van der Waals surface area contributed by atoms with Gasteiger partial charge in [0.15, 0.2) is 0 Å². The first-order valence-electron chi connectivity index (χ1n) is 10.7. The summed E-state index contributed by atoms with van der Waals surface area (Å²) in [5, 5.41) is 9.13. The molecule has 0 saturated heterocycles. The van der Waals surface area contributed by atoms with Gasteiger partial charge in [0.25, 0.3) is 0 Å². The van der Waals surface area contributed by atoms with Gasteiger partial charge in [-0.25, -0.2) is 8.42 Å². The number of aromatic nitrogens is 1. The molecular weight excluding hydrogens is 483 g/mol. The number of nitrogen functional groups attached to an aromatic ring is 1. The van der Waals surface area contributed by atoms with Crippen molar-refractivity contribution in [3.63, 3.8) is 0 Å². The number of anilines is 1. The molecule has 0 bridgehead atoms. The van der Waals surface area contributed by atoms with E-state index in [0.29, 0.717) is 11.1 Å². The summed E-state index contributed by atoms with van der Waals surface area (Å²) in [6, 6.07) is 29.1. The molecule has 0 fully saturated rings. The molecular formula is C27H19N4NaO3S. The molecule has 7 nitrogen and oxygen atoms in total. The van der Waals surface area contributed by atoms with Crippen LogP contribution in [0.25, 0.3) is 33.2 Å². The third-order valence-corrected chi connectivity index (χ3v) is 6.45. The van der Waals surface area contributed by atoms with Crippen LogP contribution in [0, 0.1) is 0 Å². The Morgan fingerprint density at radius 3 is 1.97 bits per heavy atom. The summed E-state index contributed by atoms with van der Waals surface area (Å²) in [6.45, 7) is 0. The standard InChI is InChI=1S/C27H20N4O3S.Na/c28-26-22-14-8-7-13-21(22)25(35(32,33)34)16-24(26)31-30-20-15-23(18-9-3-1-4-10-18)27(29-17-20)19-11-5-2-6-12-19;/h1-17H,28H2,(H,32,33,34);/q;+1/p-1. The van der Waals surface area contributed by atoms with Crippen LogP contribution in [0.1, 0.15) is 0 Å². The van der Waals surface area contributed by atoms with Gasteiger partial charge in [-0.1, -0.05) is 84.9 Å². The van der Waals surface area contributed by atoms with Crippen LogP contribution in [-0.4, -0.2) is 18.0 Å². The molecule has 0 aliphatic rings. The molecule has 5 aromatic rings. The molecule has 2 N–H and O–H groups in total. The number of hydrogen-bond acceptors (Lipinski definition) is 7. The van der Waals surface area contributed by atoms with Crippen LogP contribution in [-0.2, 0) is 10.1 Å². The van der Waals surface area contributed by atoms with Crippen molar-refractivity contribution in [2.45, 2.75) is 4.90 Å². The molecule has 0 atom stereocenters. The first-order valence-corrected chi connectivity index (χ1v) is 12.1. The largest absolute Gasteiger partial charge is 1.00 e. The zero-order chi connectivity index (χ0) is 24.4. The predicted molar refractivity (Wildman–Crippen MR) is 136 cm³/mol. The summed E-state index contributed by atoms with van der Waals surface area (Å²) in [4.78, 5) is 4.25. The minimum Gasteiger partial charge on any atom is -0.744 e. The Morgan fingerprint density at radius 2 is 1.33 bits per heavy atom. The van der Waals surface area contributed by atoms with Crippen LogP contribution in [0.4, 0.5) is 17.1 Å². The molecule has 36 heavy (non-hydrogen) atoms. The summed E-state index contributed by atoms with van der Waals surface area (Å²) in [5.41, 5.74) is 10.6. The smallest absolute Gasteiger partial charge is 0.744 e. The van der Waals surface area contributed by atoms with Gasteiger partial charge in [0, 0.05) is 21.9 Å². The number of benzene rings is 4. The van der Waals surface area contributed by atoms with E-state index >= 15 is 0 Å². The van der Waals surface area contributed by atoms with E-state index in [1.807, 2.05) is 66.7 Å². The maximum absolute atomic E-state index is 11.9. The van der Waals surface area contributed by atoms with Crippen LogP contribution in [0.3, 0.4) is 0 Å². The molecule has 1 aromatic heterocycles. The number of fused-ring (bicyclic) bond motifs is 1. The molecule has 0 amide bonds. The molecule has 9 heteroatoms. The summed E-state index contributed by atoms with van der Waals surface area (Å²) >= 11 is 0. The number of hydrogen-bond donors (Lipinski definition) is 1. The fourth-order valence-corrected chi connectivity index (χ4v) is 4.63. The Bertz CT molecular complexity index is 1680. The molecule has 1 heterocycles. The minimum atomic E-state index is -4.75. The normalized spacial score (nSPS) is 11.5. The molecule has 0 saturated carbocycles. The summed E-state index contributed by atoms with van der Waals surface area (Å²) in [6.07, 6.45) is 1.58. The SMILES string of the molecule is Nc1c(N=Nc2cnc(-c3ccccc3)c(-c3ccccc3)c2)cc(S(=O)(=O)[O-])c2ccccc12.[Na+]. The van der Waals surface area contributed by atoms with Gasteiger partial charge >= 0.3 is 29.6 Å². The number of rotatable bonds is 5.